The third-order valence-electron chi connectivity index (χ3n) is 2.00. The summed E-state index contributed by atoms with van der Waals surface area (Å²) in [6.45, 7) is 0. The number of nitrogens with zero attached hydrogens (tertiary/aromatic N) is 1. The van der Waals surface area contributed by atoms with Crippen LogP contribution in [-0.4, -0.2) is 9.97 Å². The van der Waals surface area contributed by atoms with E-state index in [0.29, 0.717) is 0 Å². The highest BCUT2D eigenvalue weighted by atomic mass is 16.1. The lowest BCUT2D eigenvalue weighted by Gasteiger charge is -2.00. The standard InChI is InChI=1S/C11H10N2O/c14-11-7-10(12-8-13-11)9-5-3-1-2-4-6-9/h1-5,7-8H,6H2,(H,12,13,14). The van der Waals surface area contributed by atoms with Crippen LogP contribution in [0.1, 0.15) is 12.1 Å². The fraction of sp³-hybridized carbons (Fsp3) is 0.0909. The number of aromatic nitrogens is 2. The van der Waals surface area contributed by atoms with E-state index in [9.17, 15) is 4.79 Å². The summed E-state index contributed by atoms with van der Waals surface area (Å²) < 4.78 is 0. The van der Waals surface area contributed by atoms with Gasteiger partial charge in [-0.3, -0.25) is 4.79 Å². The van der Waals surface area contributed by atoms with Gasteiger partial charge in [0.2, 0.25) is 0 Å². The van der Waals surface area contributed by atoms with Crippen molar-refractivity contribution in [2.24, 2.45) is 0 Å². The molecule has 0 amide bonds. The number of allylic oxidation sites excluding steroid dienone is 6. The lowest BCUT2D eigenvalue weighted by atomic mass is 10.1. The van der Waals surface area contributed by atoms with Gasteiger partial charge in [0.05, 0.1) is 12.0 Å². The van der Waals surface area contributed by atoms with Gasteiger partial charge in [-0.25, -0.2) is 4.98 Å². The van der Waals surface area contributed by atoms with E-state index in [1.807, 2.05) is 30.4 Å². The average molecular weight is 186 g/mol. The summed E-state index contributed by atoms with van der Waals surface area (Å²) in [5, 5.41) is 0. The Morgan fingerprint density at radius 2 is 2.21 bits per heavy atom. The normalized spacial score (nSPS) is 15.0. The summed E-state index contributed by atoms with van der Waals surface area (Å²) in [7, 11) is 0. The third-order valence-corrected chi connectivity index (χ3v) is 2.00. The van der Waals surface area contributed by atoms with E-state index >= 15 is 0 Å². The molecule has 70 valence electrons. The highest BCUT2D eigenvalue weighted by molar-refractivity contribution is 5.65. The van der Waals surface area contributed by atoms with Crippen molar-refractivity contribution in [2.45, 2.75) is 6.42 Å². The van der Waals surface area contributed by atoms with E-state index in [4.69, 9.17) is 0 Å². The van der Waals surface area contributed by atoms with Gasteiger partial charge >= 0.3 is 0 Å². The molecule has 1 aromatic heterocycles. The van der Waals surface area contributed by atoms with Crippen LogP contribution in [0.3, 0.4) is 0 Å². The van der Waals surface area contributed by atoms with Crippen molar-refractivity contribution in [3.05, 3.63) is 58.8 Å². The smallest absolute Gasteiger partial charge is 0.251 e. The summed E-state index contributed by atoms with van der Waals surface area (Å²) in [5.41, 5.74) is 1.68. The zero-order chi connectivity index (χ0) is 9.80. The van der Waals surface area contributed by atoms with Crippen molar-refractivity contribution >= 4 is 5.57 Å². The molecule has 1 aliphatic carbocycles. The van der Waals surface area contributed by atoms with E-state index in [0.717, 1.165) is 17.7 Å². The van der Waals surface area contributed by atoms with Crippen LogP contribution in [0, 0.1) is 0 Å². The van der Waals surface area contributed by atoms with E-state index in [-0.39, 0.29) is 5.56 Å². The van der Waals surface area contributed by atoms with Gasteiger partial charge in [-0.05, 0) is 12.0 Å². The minimum Gasteiger partial charge on any atom is -0.313 e. The second-order valence-corrected chi connectivity index (χ2v) is 3.01. The van der Waals surface area contributed by atoms with Crippen molar-refractivity contribution in [1.82, 2.24) is 9.97 Å². The highest BCUT2D eigenvalue weighted by Crippen LogP contribution is 2.16. The molecule has 0 unspecified atom stereocenters. The van der Waals surface area contributed by atoms with Gasteiger partial charge < -0.3 is 4.98 Å². The first-order chi connectivity index (χ1) is 6.86. The maximum absolute atomic E-state index is 11.1. The van der Waals surface area contributed by atoms with Crippen LogP contribution in [0.15, 0.2) is 47.6 Å². The average Bonchev–Trinajstić information content (AvgIpc) is 2.45. The zero-order valence-electron chi connectivity index (χ0n) is 7.60. The summed E-state index contributed by atoms with van der Waals surface area (Å²) in [4.78, 5) is 17.7. The molecule has 0 saturated heterocycles. The first kappa shape index (κ1) is 8.69. The van der Waals surface area contributed by atoms with E-state index in [1.165, 1.54) is 12.4 Å². The van der Waals surface area contributed by atoms with Gasteiger partial charge in [0.1, 0.15) is 0 Å². The molecule has 14 heavy (non-hydrogen) atoms. The minimum absolute atomic E-state index is 0.117. The number of hydrogen-bond donors (Lipinski definition) is 1. The van der Waals surface area contributed by atoms with Crippen LogP contribution in [0.4, 0.5) is 0 Å². The Balaban J connectivity index is 2.40. The first-order valence-electron chi connectivity index (χ1n) is 4.44. The maximum atomic E-state index is 11.1. The monoisotopic (exact) mass is 186 g/mol. The summed E-state index contributed by atoms with van der Waals surface area (Å²) >= 11 is 0. The summed E-state index contributed by atoms with van der Waals surface area (Å²) in [5.74, 6) is 0. The van der Waals surface area contributed by atoms with Gasteiger partial charge in [0, 0.05) is 6.07 Å². The molecule has 0 aliphatic heterocycles. The predicted molar refractivity (Wildman–Crippen MR) is 55.7 cm³/mol. The predicted octanol–water partition coefficient (Wildman–Crippen LogP) is 1.67. The van der Waals surface area contributed by atoms with E-state index < -0.39 is 0 Å². The Hall–Kier alpha value is -1.90. The molecule has 0 atom stereocenters. The lowest BCUT2D eigenvalue weighted by Crippen LogP contribution is -2.06. The van der Waals surface area contributed by atoms with Crippen LogP contribution in [0.25, 0.3) is 5.57 Å². The zero-order valence-corrected chi connectivity index (χ0v) is 7.60. The van der Waals surface area contributed by atoms with Crippen molar-refractivity contribution in [3.63, 3.8) is 0 Å². The molecule has 0 fully saturated rings. The molecule has 3 heteroatoms. The Labute approximate surface area is 81.5 Å². The molecule has 0 radical (unpaired) electrons. The van der Waals surface area contributed by atoms with Crippen LogP contribution in [0.2, 0.25) is 0 Å². The van der Waals surface area contributed by atoms with Crippen LogP contribution < -0.4 is 5.56 Å². The van der Waals surface area contributed by atoms with E-state index in [2.05, 4.69) is 9.97 Å². The highest BCUT2D eigenvalue weighted by Gasteiger charge is 2.01. The molecule has 2 rings (SSSR count). The van der Waals surface area contributed by atoms with Gasteiger partial charge in [-0.1, -0.05) is 30.4 Å². The maximum Gasteiger partial charge on any atom is 0.251 e. The molecule has 3 nitrogen and oxygen atoms in total. The molecular formula is C11H10N2O. The fourth-order valence-electron chi connectivity index (χ4n) is 1.31. The minimum atomic E-state index is -0.117. The van der Waals surface area contributed by atoms with Crippen molar-refractivity contribution in [1.29, 1.82) is 0 Å². The summed E-state index contributed by atoms with van der Waals surface area (Å²) in [6, 6.07) is 1.51. The molecule has 1 aliphatic rings. The summed E-state index contributed by atoms with van der Waals surface area (Å²) in [6.07, 6.45) is 12.1. The molecule has 0 saturated carbocycles. The molecule has 0 bridgehead atoms. The Morgan fingerprint density at radius 3 is 3.07 bits per heavy atom. The topological polar surface area (TPSA) is 45.8 Å². The van der Waals surface area contributed by atoms with Crippen molar-refractivity contribution < 1.29 is 0 Å². The molecule has 0 aromatic carbocycles. The second-order valence-electron chi connectivity index (χ2n) is 3.01. The fourth-order valence-corrected chi connectivity index (χ4v) is 1.31. The van der Waals surface area contributed by atoms with Crippen LogP contribution >= 0.6 is 0 Å². The molecule has 1 heterocycles. The number of hydrogen-bond acceptors (Lipinski definition) is 2. The van der Waals surface area contributed by atoms with Gasteiger partial charge in [-0.2, -0.15) is 0 Å². The SMILES string of the molecule is O=c1cc(C2=CC=CC=CC2)nc[nH]1. The van der Waals surface area contributed by atoms with Crippen LogP contribution in [-0.2, 0) is 0 Å². The van der Waals surface area contributed by atoms with Crippen molar-refractivity contribution in [3.8, 4) is 0 Å². The van der Waals surface area contributed by atoms with Gasteiger partial charge in [-0.15, -0.1) is 0 Å². The molecule has 1 N–H and O–H groups in total. The molecule has 1 aromatic rings. The van der Waals surface area contributed by atoms with E-state index in [1.54, 1.807) is 0 Å². The Kier molecular flexibility index (Phi) is 2.40. The Bertz CT molecular complexity index is 466. The number of H-pyrrole nitrogens is 1. The first-order valence-corrected chi connectivity index (χ1v) is 4.44. The van der Waals surface area contributed by atoms with Crippen molar-refractivity contribution in [2.75, 3.05) is 0 Å². The number of rotatable bonds is 1. The number of aromatic amines is 1. The molecule has 0 spiro atoms. The third kappa shape index (κ3) is 1.88. The second kappa shape index (κ2) is 3.87. The van der Waals surface area contributed by atoms with Gasteiger partial charge in [0.15, 0.2) is 0 Å². The number of nitrogens with one attached hydrogen (secondary N) is 1. The van der Waals surface area contributed by atoms with Gasteiger partial charge in [0.25, 0.3) is 5.56 Å². The van der Waals surface area contributed by atoms with Crippen LogP contribution in [0.5, 0.6) is 0 Å². The molecular weight excluding hydrogens is 176 g/mol. The lowest BCUT2D eigenvalue weighted by molar-refractivity contribution is 1.09. The Morgan fingerprint density at radius 1 is 1.29 bits per heavy atom. The quantitative estimate of drug-likeness (QED) is 0.725. The largest absolute Gasteiger partial charge is 0.313 e.